The van der Waals surface area contributed by atoms with Crippen LogP contribution in [-0.2, 0) is 0 Å². The Kier molecular flexibility index (Phi) is 3.14. The third-order valence-corrected chi connectivity index (χ3v) is 3.73. The van der Waals surface area contributed by atoms with Crippen LogP contribution in [0.5, 0.6) is 0 Å². The minimum Gasteiger partial charge on any atom is -0.321 e. The fourth-order valence-corrected chi connectivity index (χ4v) is 2.80. The second-order valence-corrected chi connectivity index (χ2v) is 5.18. The van der Waals surface area contributed by atoms with Gasteiger partial charge >= 0.3 is 0 Å². The summed E-state index contributed by atoms with van der Waals surface area (Å²) in [5.41, 5.74) is 1.42. The zero-order chi connectivity index (χ0) is 14.1. The van der Waals surface area contributed by atoms with E-state index in [1.807, 2.05) is 11.4 Å². The van der Waals surface area contributed by atoms with Gasteiger partial charge in [0.2, 0.25) is 0 Å². The van der Waals surface area contributed by atoms with E-state index < -0.39 is 0 Å². The maximum Gasteiger partial charge on any atom is 0.275 e. The summed E-state index contributed by atoms with van der Waals surface area (Å²) in [6.07, 6.45) is 1.74. The number of halogens is 1. The van der Waals surface area contributed by atoms with Crippen LogP contribution in [0, 0.1) is 11.3 Å². The van der Waals surface area contributed by atoms with E-state index in [-0.39, 0.29) is 11.1 Å². The number of rotatable bonds is 2. The van der Waals surface area contributed by atoms with Crippen LogP contribution in [0.3, 0.4) is 0 Å². The summed E-state index contributed by atoms with van der Waals surface area (Å²) >= 11 is 7.39. The number of carbonyl (C=O) groups is 1. The Morgan fingerprint density at radius 3 is 2.85 bits per heavy atom. The zero-order valence-electron chi connectivity index (χ0n) is 10.0. The summed E-state index contributed by atoms with van der Waals surface area (Å²) < 4.78 is 1.64. The predicted octanol–water partition coefficient (Wildman–Crippen LogP) is 3.17. The average molecular weight is 303 g/mol. The van der Waals surface area contributed by atoms with E-state index >= 15 is 0 Å². The topological polar surface area (TPSA) is 70.2 Å². The Morgan fingerprint density at radius 2 is 2.15 bits per heavy atom. The molecule has 0 aliphatic carbocycles. The number of nitriles is 1. The highest BCUT2D eigenvalue weighted by molar-refractivity contribution is 7.15. The molecule has 0 bridgehead atoms. The SMILES string of the molecule is N#Cc1ccc(NC(=O)c2c(Cl)nc3sccn23)cc1. The van der Waals surface area contributed by atoms with Crippen molar-refractivity contribution in [2.45, 2.75) is 0 Å². The van der Waals surface area contributed by atoms with Gasteiger partial charge in [-0.3, -0.25) is 9.20 Å². The quantitative estimate of drug-likeness (QED) is 0.790. The number of carbonyl (C=O) groups excluding carboxylic acids is 1. The Bertz CT molecular complexity index is 828. The van der Waals surface area contributed by atoms with Crippen molar-refractivity contribution in [1.29, 1.82) is 5.26 Å². The van der Waals surface area contributed by atoms with Gasteiger partial charge < -0.3 is 5.32 Å². The van der Waals surface area contributed by atoms with Gasteiger partial charge in [0.25, 0.3) is 5.91 Å². The van der Waals surface area contributed by atoms with Gasteiger partial charge in [-0.25, -0.2) is 4.98 Å². The molecule has 0 unspecified atom stereocenters. The highest BCUT2D eigenvalue weighted by Gasteiger charge is 2.18. The van der Waals surface area contributed by atoms with Crippen molar-refractivity contribution in [3.8, 4) is 6.07 Å². The number of benzene rings is 1. The first kappa shape index (κ1) is 12.7. The van der Waals surface area contributed by atoms with Gasteiger partial charge in [0, 0.05) is 17.3 Å². The molecular formula is C13H7ClN4OS. The highest BCUT2D eigenvalue weighted by atomic mass is 35.5. The molecule has 5 nitrogen and oxygen atoms in total. The van der Waals surface area contributed by atoms with Crippen LogP contribution in [0.1, 0.15) is 16.1 Å². The molecule has 3 rings (SSSR count). The number of imidazole rings is 1. The fourth-order valence-electron chi connectivity index (χ4n) is 1.78. The van der Waals surface area contributed by atoms with Gasteiger partial charge in [-0.2, -0.15) is 5.26 Å². The molecule has 0 saturated heterocycles. The van der Waals surface area contributed by atoms with Crippen molar-refractivity contribution in [3.05, 3.63) is 52.3 Å². The van der Waals surface area contributed by atoms with Crippen molar-refractivity contribution in [2.75, 3.05) is 5.32 Å². The van der Waals surface area contributed by atoms with Crippen LogP contribution < -0.4 is 5.32 Å². The van der Waals surface area contributed by atoms with Crippen molar-refractivity contribution in [1.82, 2.24) is 9.38 Å². The van der Waals surface area contributed by atoms with Crippen LogP contribution in [0.25, 0.3) is 4.96 Å². The molecule has 0 radical (unpaired) electrons. The fraction of sp³-hybridized carbons (Fsp3) is 0. The van der Waals surface area contributed by atoms with Gasteiger partial charge in [0.1, 0.15) is 0 Å². The molecular weight excluding hydrogens is 296 g/mol. The zero-order valence-corrected chi connectivity index (χ0v) is 11.6. The Balaban J connectivity index is 1.90. The third-order valence-electron chi connectivity index (χ3n) is 2.71. The molecule has 3 aromatic rings. The Hall–Kier alpha value is -2.36. The van der Waals surface area contributed by atoms with E-state index in [2.05, 4.69) is 10.3 Å². The van der Waals surface area contributed by atoms with E-state index in [1.165, 1.54) is 11.3 Å². The summed E-state index contributed by atoms with van der Waals surface area (Å²) in [7, 11) is 0. The summed E-state index contributed by atoms with van der Waals surface area (Å²) in [6, 6.07) is 8.61. The van der Waals surface area contributed by atoms with E-state index in [1.54, 1.807) is 34.9 Å². The van der Waals surface area contributed by atoms with Crippen LogP contribution >= 0.6 is 22.9 Å². The van der Waals surface area contributed by atoms with Gasteiger partial charge in [-0.1, -0.05) is 11.6 Å². The van der Waals surface area contributed by atoms with Crippen LogP contribution in [0.4, 0.5) is 5.69 Å². The van der Waals surface area contributed by atoms with Gasteiger partial charge in [-0.05, 0) is 24.3 Å². The van der Waals surface area contributed by atoms with E-state index in [9.17, 15) is 4.79 Å². The third kappa shape index (κ3) is 2.13. The first-order valence-corrected chi connectivity index (χ1v) is 6.87. The highest BCUT2D eigenvalue weighted by Crippen LogP contribution is 2.22. The molecule has 0 aliphatic heterocycles. The molecule has 1 N–H and O–H groups in total. The average Bonchev–Trinajstić information content (AvgIpc) is 2.99. The lowest BCUT2D eigenvalue weighted by Crippen LogP contribution is -2.14. The summed E-state index contributed by atoms with van der Waals surface area (Å²) in [4.78, 5) is 17.0. The molecule has 0 atom stereocenters. The minimum atomic E-state index is -0.342. The first-order chi connectivity index (χ1) is 9.69. The lowest BCUT2D eigenvalue weighted by atomic mass is 10.2. The van der Waals surface area contributed by atoms with E-state index in [4.69, 9.17) is 16.9 Å². The second-order valence-electron chi connectivity index (χ2n) is 3.95. The number of hydrogen-bond donors (Lipinski definition) is 1. The van der Waals surface area contributed by atoms with Crippen molar-refractivity contribution in [3.63, 3.8) is 0 Å². The minimum absolute atomic E-state index is 0.169. The van der Waals surface area contributed by atoms with Gasteiger partial charge in [0.15, 0.2) is 15.8 Å². The van der Waals surface area contributed by atoms with Crippen LogP contribution in [-0.4, -0.2) is 15.3 Å². The molecule has 0 saturated carbocycles. The number of amides is 1. The molecule has 1 amide bonds. The first-order valence-electron chi connectivity index (χ1n) is 5.61. The molecule has 7 heteroatoms. The van der Waals surface area contributed by atoms with Crippen molar-refractivity contribution < 1.29 is 4.79 Å². The summed E-state index contributed by atoms with van der Waals surface area (Å²) in [5.74, 6) is -0.342. The lowest BCUT2D eigenvalue weighted by Gasteiger charge is -2.04. The normalized spacial score (nSPS) is 10.4. The van der Waals surface area contributed by atoms with E-state index in [0.29, 0.717) is 21.9 Å². The molecule has 0 spiro atoms. The number of anilines is 1. The Morgan fingerprint density at radius 1 is 1.40 bits per heavy atom. The van der Waals surface area contributed by atoms with Gasteiger partial charge in [0.05, 0.1) is 11.6 Å². The Labute approximate surface area is 123 Å². The second kappa shape index (κ2) is 4.96. The summed E-state index contributed by atoms with van der Waals surface area (Å²) in [6.45, 7) is 0. The molecule has 20 heavy (non-hydrogen) atoms. The predicted molar refractivity (Wildman–Crippen MR) is 77.2 cm³/mol. The molecule has 2 aromatic heterocycles. The standard InChI is InChI=1S/C13H7ClN4OS/c14-11-10(18-5-6-20-13(18)17-11)12(19)16-9-3-1-8(7-15)2-4-9/h1-6H,(H,16,19). The largest absolute Gasteiger partial charge is 0.321 e. The molecule has 1 aromatic carbocycles. The van der Waals surface area contributed by atoms with Crippen molar-refractivity contribution >= 4 is 39.5 Å². The van der Waals surface area contributed by atoms with Gasteiger partial charge in [-0.15, -0.1) is 11.3 Å². The van der Waals surface area contributed by atoms with Crippen molar-refractivity contribution in [2.24, 2.45) is 0 Å². The molecule has 0 fully saturated rings. The van der Waals surface area contributed by atoms with E-state index in [0.717, 1.165) is 0 Å². The monoisotopic (exact) mass is 302 g/mol. The maximum absolute atomic E-state index is 12.2. The number of fused-ring (bicyclic) bond motifs is 1. The van der Waals surface area contributed by atoms with Crippen LogP contribution in [0.2, 0.25) is 5.15 Å². The number of aromatic nitrogens is 2. The summed E-state index contributed by atoms with van der Waals surface area (Å²) in [5, 5.41) is 13.5. The molecule has 0 aliphatic rings. The molecule has 2 heterocycles. The lowest BCUT2D eigenvalue weighted by molar-refractivity contribution is 0.102. The maximum atomic E-state index is 12.2. The van der Waals surface area contributed by atoms with Crippen LogP contribution in [0.15, 0.2) is 35.8 Å². The molecule has 98 valence electrons. The number of thiazole rings is 1. The number of nitrogens with one attached hydrogen (secondary N) is 1. The smallest absolute Gasteiger partial charge is 0.275 e. The number of hydrogen-bond acceptors (Lipinski definition) is 4. The number of nitrogens with zero attached hydrogens (tertiary/aromatic N) is 3.